The minimum atomic E-state index is 0.151. The van der Waals surface area contributed by atoms with E-state index < -0.39 is 0 Å². The summed E-state index contributed by atoms with van der Waals surface area (Å²) in [6.07, 6.45) is 30.1. The number of hydrogen-bond donors (Lipinski definition) is 0. The molecule has 4 nitrogen and oxygen atoms in total. The number of unbranched alkanes of at least 4 members (excludes halogenated alkanes) is 16. The maximum Gasteiger partial charge on any atom is 0.260 e. The Hall–Kier alpha value is -3.30. The third-order valence-corrected chi connectivity index (χ3v) is 18.9. The van der Waals surface area contributed by atoms with Gasteiger partial charge in [-0.25, -0.2) is 0 Å². The Morgan fingerprint density at radius 3 is 1.14 bits per heavy atom. The number of carbonyl (C=O) groups excluding carboxylic acids is 2. The predicted octanol–water partition coefficient (Wildman–Crippen LogP) is 17.2. The molecule has 0 saturated carbocycles. The molecule has 8 rings (SSSR count). The van der Waals surface area contributed by atoms with E-state index in [1.165, 1.54) is 160 Å². The van der Waals surface area contributed by atoms with E-state index in [-0.39, 0.29) is 11.8 Å². The summed E-state index contributed by atoms with van der Waals surface area (Å²) in [5.74, 6) is 1.19. The first-order valence-corrected chi connectivity index (χ1v) is 29.8. The average Bonchev–Trinajstić information content (AvgIpc) is 4.18. The van der Waals surface area contributed by atoms with Crippen LogP contribution in [-0.4, -0.2) is 24.9 Å². The molecule has 2 aromatic carbocycles. The SMILES string of the molecule is CCCCCCCCC(CCCCCC)CN1C(=O)C(c2cc3sccc3s2)=c2ccc3c4c(ccc3c21)=C(c1cc2sccc2s1)C(=O)N4CC(CCCCCC)CCCCCCCC. The monoisotopic (exact) mass is 960 g/mol. The minimum absolute atomic E-state index is 0.151. The fourth-order valence-corrected chi connectivity index (χ4v) is 15.3. The highest BCUT2D eigenvalue weighted by atomic mass is 32.1. The van der Waals surface area contributed by atoms with Crippen LogP contribution in [0.4, 0.5) is 11.4 Å². The summed E-state index contributed by atoms with van der Waals surface area (Å²) in [5.41, 5.74) is 3.84. The van der Waals surface area contributed by atoms with Gasteiger partial charge in [0.25, 0.3) is 11.8 Å². The van der Waals surface area contributed by atoms with Crippen molar-refractivity contribution in [3.63, 3.8) is 0 Å². The van der Waals surface area contributed by atoms with E-state index in [1.807, 2.05) is 0 Å². The summed E-state index contributed by atoms with van der Waals surface area (Å²) < 4.78 is 5.01. The lowest BCUT2D eigenvalue weighted by molar-refractivity contribution is -0.114. The molecule has 4 aromatic heterocycles. The van der Waals surface area contributed by atoms with E-state index in [0.29, 0.717) is 11.8 Å². The largest absolute Gasteiger partial charge is 0.307 e. The van der Waals surface area contributed by atoms with Gasteiger partial charge < -0.3 is 9.80 Å². The smallest absolute Gasteiger partial charge is 0.260 e. The van der Waals surface area contributed by atoms with Gasteiger partial charge in [0.2, 0.25) is 0 Å². The number of benzene rings is 2. The van der Waals surface area contributed by atoms with Crippen molar-refractivity contribution in [1.82, 2.24) is 0 Å². The van der Waals surface area contributed by atoms with Gasteiger partial charge in [-0.15, -0.1) is 45.3 Å². The fraction of sp³-hybridized carbons (Fsp3) is 0.552. The topological polar surface area (TPSA) is 40.6 Å². The number of hydrogen-bond acceptors (Lipinski definition) is 6. The van der Waals surface area contributed by atoms with Gasteiger partial charge in [-0.1, -0.05) is 180 Å². The first kappa shape index (κ1) is 49.1. The Balaban J connectivity index is 1.22. The van der Waals surface area contributed by atoms with Crippen LogP contribution in [0.2, 0.25) is 0 Å². The first-order chi connectivity index (χ1) is 32.4. The third kappa shape index (κ3) is 11.2. The molecule has 2 aliphatic rings. The van der Waals surface area contributed by atoms with Gasteiger partial charge in [-0.2, -0.15) is 0 Å². The van der Waals surface area contributed by atoms with Gasteiger partial charge in [-0.3, -0.25) is 9.59 Å². The van der Waals surface area contributed by atoms with Gasteiger partial charge in [-0.05, 0) is 72.5 Å². The number of nitrogens with zero attached hydrogens (tertiary/aromatic N) is 2. The number of fused-ring (bicyclic) bond motifs is 7. The van der Waals surface area contributed by atoms with Crippen molar-refractivity contribution < 1.29 is 9.59 Å². The van der Waals surface area contributed by atoms with Crippen molar-refractivity contribution >= 4 is 109 Å². The lowest BCUT2D eigenvalue weighted by Gasteiger charge is -2.28. The van der Waals surface area contributed by atoms with Crippen LogP contribution in [0.25, 0.3) is 40.7 Å². The Morgan fingerprint density at radius 1 is 0.424 bits per heavy atom. The fourth-order valence-electron chi connectivity index (χ4n) is 11.0. The lowest BCUT2D eigenvalue weighted by atomic mass is 9.93. The van der Waals surface area contributed by atoms with Crippen LogP contribution >= 0.6 is 45.3 Å². The van der Waals surface area contributed by atoms with E-state index in [4.69, 9.17) is 0 Å². The zero-order valence-corrected chi connectivity index (χ0v) is 43.9. The molecule has 0 spiro atoms. The van der Waals surface area contributed by atoms with Crippen molar-refractivity contribution in [3.05, 3.63) is 79.5 Å². The standard InChI is InChI=1S/C58H76N2O2S4/c1-5-9-13-17-19-23-27-41(25-21-15-11-7-3)39-59-55-43-29-32-46-54(52-38-50-48(66-52)34-36-64-50)58(62)60(40-42(26-22-16-12-8-4)28-24-20-18-14-10-6-2)56(46)44(43)30-31-45(55)53(57(59)61)51-37-49-47(65-51)33-35-63-49/h29-38,41-42H,5-28,39-40H2,1-4H3. The lowest BCUT2D eigenvalue weighted by Crippen LogP contribution is -2.34. The second-order valence-electron chi connectivity index (χ2n) is 19.7. The summed E-state index contributed by atoms with van der Waals surface area (Å²) in [6, 6.07) is 18.0. The van der Waals surface area contributed by atoms with Crippen LogP contribution in [0, 0.1) is 11.8 Å². The van der Waals surface area contributed by atoms with Crippen LogP contribution in [0.1, 0.15) is 192 Å². The number of rotatable bonds is 30. The molecule has 0 fully saturated rings. The van der Waals surface area contributed by atoms with Crippen molar-refractivity contribution in [2.24, 2.45) is 11.8 Å². The molecular weight excluding hydrogens is 885 g/mol. The quantitative estimate of drug-likeness (QED) is 0.0422. The van der Waals surface area contributed by atoms with Gasteiger partial charge in [0.05, 0.1) is 22.5 Å². The number of thiophene rings is 4. The highest BCUT2D eigenvalue weighted by molar-refractivity contribution is 7.28. The summed E-state index contributed by atoms with van der Waals surface area (Å²) in [7, 11) is 0. The Morgan fingerprint density at radius 2 is 0.773 bits per heavy atom. The van der Waals surface area contributed by atoms with Crippen molar-refractivity contribution in [2.75, 3.05) is 22.9 Å². The molecule has 0 radical (unpaired) electrons. The van der Waals surface area contributed by atoms with Crippen LogP contribution < -0.4 is 20.2 Å². The van der Waals surface area contributed by atoms with Gasteiger partial charge in [0.15, 0.2) is 0 Å². The second kappa shape index (κ2) is 24.3. The molecule has 354 valence electrons. The predicted molar refractivity (Wildman–Crippen MR) is 293 cm³/mol. The Labute approximate surface area is 412 Å². The maximum absolute atomic E-state index is 15.3. The van der Waals surface area contributed by atoms with Crippen molar-refractivity contribution in [1.29, 1.82) is 0 Å². The molecule has 0 bridgehead atoms. The molecule has 66 heavy (non-hydrogen) atoms. The van der Waals surface area contributed by atoms with Crippen LogP contribution in [0.5, 0.6) is 0 Å². The van der Waals surface area contributed by atoms with E-state index >= 15 is 9.59 Å². The molecule has 2 unspecified atom stereocenters. The van der Waals surface area contributed by atoms with Crippen molar-refractivity contribution in [2.45, 2.75) is 182 Å². The third-order valence-electron chi connectivity index (χ3n) is 14.7. The summed E-state index contributed by atoms with van der Waals surface area (Å²) in [5, 5.41) is 8.65. The number of carbonyl (C=O) groups is 2. The Kier molecular flexibility index (Phi) is 18.1. The molecular formula is C58H76N2O2S4. The molecule has 6 aromatic rings. The zero-order chi connectivity index (χ0) is 45.8. The Bertz CT molecular complexity index is 2420. The molecule has 0 N–H and O–H groups in total. The first-order valence-electron chi connectivity index (χ1n) is 26.4. The zero-order valence-electron chi connectivity index (χ0n) is 40.7. The molecule has 2 atom stereocenters. The van der Waals surface area contributed by atoms with Gasteiger partial charge >= 0.3 is 0 Å². The van der Waals surface area contributed by atoms with E-state index in [0.717, 1.165) is 79.4 Å². The molecule has 0 saturated heterocycles. The number of anilines is 2. The second-order valence-corrected chi connectivity index (χ2v) is 23.7. The van der Waals surface area contributed by atoms with Crippen molar-refractivity contribution in [3.8, 4) is 0 Å². The van der Waals surface area contributed by atoms with Crippen LogP contribution in [-0.2, 0) is 9.59 Å². The highest BCUT2D eigenvalue weighted by Crippen LogP contribution is 2.43. The van der Waals surface area contributed by atoms with E-state index in [1.54, 1.807) is 45.3 Å². The van der Waals surface area contributed by atoms with Crippen LogP contribution in [0.3, 0.4) is 0 Å². The molecule has 2 amide bonds. The highest BCUT2D eigenvalue weighted by Gasteiger charge is 2.38. The summed E-state index contributed by atoms with van der Waals surface area (Å²) in [6.45, 7) is 10.7. The van der Waals surface area contributed by atoms with Crippen LogP contribution in [0.15, 0.2) is 59.3 Å². The normalized spacial score (nSPS) is 14.8. The maximum atomic E-state index is 15.3. The van der Waals surface area contributed by atoms with Gasteiger partial charge in [0, 0.05) is 62.9 Å². The van der Waals surface area contributed by atoms with E-state index in [9.17, 15) is 0 Å². The van der Waals surface area contributed by atoms with E-state index in [2.05, 4.69) is 96.8 Å². The minimum Gasteiger partial charge on any atom is -0.307 e. The summed E-state index contributed by atoms with van der Waals surface area (Å²) in [4.78, 5) is 37.2. The van der Waals surface area contributed by atoms with Gasteiger partial charge in [0.1, 0.15) is 0 Å². The molecule has 2 aliphatic heterocycles. The average molecular weight is 962 g/mol. The molecule has 8 heteroatoms. The number of amides is 2. The molecule has 0 aliphatic carbocycles. The molecule has 6 heterocycles. The summed E-state index contributed by atoms with van der Waals surface area (Å²) >= 11 is 7.04.